The van der Waals surface area contributed by atoms with Gasteiger partial charge in [-0.25, -0.2) is 80.9 Å². The van der Waals surface area contributed by atoms with E-state index >= 15 is 0 Å². The van der Waals surface area contributed by atoms with E-state index in [-0.39, 0.29) is 56.5 Å². The fraction of sp³-hybridized carbons (Fsp3) is 0.520. The van der Waals surface area contributed by atoms with E-state index in [1.807, 2.05) is 92.9 Å². The van der Waals surface area contributed by atoms with Crippen molar-refractivity contribution in [3.63, 3.8) is 0 Å². The number of methoxy groups -OCH3 is 3. The second-order valence-corrected chi connectivity index (χ2v) is 52.0. The zero-order valence-electron chi connectivity index (χ0n) is 87.3. The van der Waals surface area contributed by atoms with Crippen LogP contribution in [0.15, 0.2) is 131 Å². The molecule has 10 fully saturated rings. The number of para-hydroxylation sites is 2. The Morgan fingerprint density at radius 3 is 0.980 bits per heavy atom. The van der Waals surface area contributed by atoms with Gasteiger partial charge in [0.2, 0.25) is 23.6 Å². The minimum atomic E-state index is -2.48. The van der Waals surface area contributed by atoms with Gasteiger partial charge in [-0.2, -0.15) is 31.8 Å². The number of nitrogens with zero attached hydrogens (tertiary/aromatic N) is 26. The molecule has 8 saturated heterocycles. The fourth-order valence-electron chi connectivity index (χ4n) is 18.1. The smallest absolute Gasteiger partial charge is 0.239 e. The topological polar surface area (TPSA) is 463 Å². The third-order valence-corrected chi connectivity index (χ3v) is 37.9. The summed E-state index contributed by atoms with van der Waals surface area (Å²) in [4.78, 5) is 80.6. The first-order valence-electron chi connectivity index (χ1n) is 50.1. The number of aromatic nitrogens is 16. The Bertz CT molecular complexity index is 7090. The summed E-state index contributed by atoms with van der Waals surface area (Å²) >= 11 is 0. The summed E-state index contributed by atoms with van der Waals surface area (Å²) in [5.41, 5.74) is 9.56. The molecule has 0 bridgehead atoms. The van der Waals surface area contributed by atoms with E-state index in [4.69, 9.17) is 87.0 Å². The van der Waals surface area contributed by atoms with Gasteiger partial charge in [0.25, 0.3) is 0 Å². The molecule has 149 heavy (non-hydrogen) atoms. The second kappa shape index (κ2) is 46.2. The van der Waals surface area contributed by atoms with Gasteiger partial charge in [0.1, 0.15) is 34.9 Å². The summed E-state index contributed by atoms with van der Waals surface area (Å²) in [6.45, 7) is 30.9. The lowest BCUT2D eigenvalue weighted by atomic mass is 10.1. The Labute approximate surface area is 871 Å². The number of aryl methyl sites for hydroxylation is 4. The van der Waals surface area contributed by atoms with Crippen LogP contribution in [0.3, 0.4) is 0 Å². The van der Waals surface area contributed by atoms with Crippen molar-refractivity contribution in [3.8, 4) is 69.1 Å². The molecule has 11 aromatic rings. The Kier molecular flexibility index (Phi) is 33.2. The molecule has 0 spiro atoms. The van der Waals surface area contributed by atoms with Crippen molar-refractivity contribution in [1.29, 1.82) is 0 Å². The van der Waals surface area contributed by atoms with Gasteiger partial charge < -0.3 is 76.6 Å². The number of ether oxygens (including phenoxy) is 11. The SMILES string of the molecule is COc1cc(-c2nc(N=S(C)(=O)C3COC3)cc(N3CCOC[C@H]3C)n2)cc(C)n1.COc1cc(-c2nc(N=[S@@](C)(=O)C3COC3)cc(N3CCOC[C@H]3C)n2)cc(C)n1.COc1cc(-c2nc(N=[S@](C)(=O)C3COC3)cc(N3CCOC[C@H]3C)n2)cc(C)n1.C[C@@H]1COCCN1c1cc(N=S(C)(=O)C2CC2)nc(-c2ccnc3c2C=CC3)n1.Cc1nc2ccccc2n1-c1nc(N=[S@@](C)(=O)C2CC2)cc(N2CCOC[C@H]2C)n1. The first-order valence-corrected chi connectivity index (χ1v) is 60.1. The molecule has 18 heterocycles. The highest BCUT2D eigenvalue weighted by Gasteiger charge is 2.37. The summed E-state index contributed by atoms with van der Waals surface area (Å²) in [7, 11) is -7.33. The number of fused-ring (bicyclic) bond motifs is 2. The van der Waals surface area contributed by atoms with E-state index in [1.54, 1.807) is 95.2 Å². The van der Waals surface area contributed by atoms with Crippen LogP contribution in [0.1, 0.15) is 94.5 Å². The molecule has 47 heteroatoms. The summed E-state index contributed by atoms with van der Waals surface area (Å²) in [5, 5.41) is 0.108. The van der Waals surface area contributed by atoms with Gasteiger partial charge in [-0.3, -0.25) is 9.55 Å². The van der Waals surface area contributed by atoms with E-state index in [0.717, 1.165) is 142 Å². The van der Waals surface area contributed by atoms with Gasteiger partial charge in [0.15, 0.2) is 52.4 Å². The standard InChI is InChI=1S/C21H26N6O2S.C21H25N5O2S.3C20H27N5O4S/c1-14-13-29-11-10-26(14)20-12-19(25-30(3,28)16-8-9-16)23-21(24-20)27-15(2)22-17-6-4-5-7-18(17)27;1-14-13-28-11-10-26(14)20-12-19(25-29(2,27)15-6-7-15)23-21(24-20)17-8-9-22-18-5-3-4-16(17)18;3*1-13-7-15(8-19(21-13)27-3)20-22-17(24-30(4,26)16-11-29-12-16)9-18(23-20)25-5-6-28-10-14(25)2/h4-7,12,14,16H,8-11,13H2,1-3H3;3-4,8-9,12,14-15H,5-7,10-11,13H2,1-2H3;3*7-9,14,16H,5-6,10-12H2,1-4H3/t14-,30+;14-,29?;14-,30?;14-,30+;14-,30-/m11111/s1. The molecule has 1 aromatic carbocycles. The molecule has 3 aliphatic carbocycles. The first-order chi connectivity index (χ1) is 71.5. The third kappa shape index (κ3) is 26.0. The van der Waals surface area contributed by atoms with Crippen molar-refractivity contribution in [1.82, 2.24) is 79.3 Å². The number of anilines is 5. The Hall–Kier alpha value is -11.7. The zero-order valence-corrected chi connectivity index (χ0v) is 91.4. The van der Waals surface area contributed by atoms with Crippen LogP contribution in [-0.2, 0) is 93.0 Å². The van der Waals surface area contributed by atoms with Gasteiger partial charge >= 0.3 is 0 Å². The van der Waals surface area contributed by atoms with Crippen molar-refractivity contribution in [2.45, 2.75) is 151 Å². The maximum atomic E-state index is 13.1. The van der Waals surface area contributed by atoms with Crippen LogP contribution in [0.25, 0.3) is 68.6 Å². The number of hydrogen-bond acceptors (Lipinski definition) is 41. The highest BCUT2D eigenvalue weighted by Crippen LogP contribution is 2.41. The lowest BCUT2D eigenvalue weighted by molar-refractivity contribution is 0.0430. The van der Waals surface area contributed by atoms with Crippen LogP contribution in [-0.4, -0.2) is 348 Å². The molecule has 11 aliphatic rings. The number of allylic oxidation sites excluding steroid dienone is 1. The summed E-state index contributed by atoms with van der Waals surface area (Å²) in [6.07, 6.45) is 19.2. The molecule has 2 saturated carbocycles. The Balaban J connectivity index is 0.000000122. The zero-order chi connectivity index (χ0) is 105. The lowest BCUT2D eigenvalue weighted by Gasteiger charge is -2.34. The molecule has 42 nitrogen and oxygen atoms in total. The monoisotopic (exact) mass is 2140 g/mol. The molecule has 0 radical (unpaired) electrons. The predicted octanol–water partition coefficient (Wildman–Crippen LogP) is 13.1. The van der Waals surface area contributed by atoms with Crippen molar-refractivity contribution in [2.24, 2.45) is 21.8 Å². The molecular formula is C102H132N26O16S5. The molecule has 22 rings (SSSR count). The second-order valence-electron chi connectivity index (χ2n) is 39.2. The van der Waals surface area contributed by atoms with Crippen LogP contribution < -0.4 is 38.7 Å². The van der Waals surface area contributed by atoms with E-state index in [9.17, 15) is 21.0 Å². The first kappa shape index (κ1) is 107. The Morgan fingerprint density at radius 1 is 0.342 bits per heavy atom. The minimum Gasteiger partial charge on any atom is -0.481 e. The third-order valence-electron chi connectivity index (χ3n) is 27.2. The summed E-state index contributed by atoms with van der Waals surface area (Å²) in [5.74, 6) is 10.8. The van der Waals surface area contributed by atoms with Gasteiger partial charge in [-0.15, -0.1) is 0 Å². The van der Waals surface area contributed by atoms with Crippen molar-refractivity contribution < 1.29 is 73.1 Å². The van der Waals surface area contributed by atoms with E-state index < -0.39 is 48.6 Å². The van der Waals surface area contributed by atoms with Gasteiger partial charge in [0.05, 0.1) is 238 Å². The molecule has 0 amide bonds. The van der Waals surface area contributed by atoms with Crippen LogP contribution >= 0.6 is 0 Å². The Morgan fingerprint density at radius 2 is 0.658 bits per heavy atom. The van der Waals surface area contributed by atoms with Crippen LogP contribution in [0.2, 0.25) is 0 Å². The largest absolute Gasteiger partial charge is 0.481 e. The molecule has 796 valence electrons. The number of rotatable bonds is 23. The molecule has 2 unspecified atom stereocenters. The van der Waals surface area contributed by atoms with Gasteiger partial charge in [-0.1, -0.05) is 24.3 Å². The number of pyridine rings is 4. The van der Waals surface area contributed by atoms with Gasteiger partial charge in [-0.05, 0) is 124 Å². The highest BCUT2D eigenvalue weighted by molar-refractivity contribution is 7.95. The van der Waals surface area contributed by atoms with E-state index in [0.29, 0.717) is 201 Å². The van der Waals surface area contributed by atoms with Gasteiger partial charge in [0, 0.05) is 181 Å². The quantitative estimate of drug-likeness (QED) is 0.0574. The lowest BCUT2D eigenvalue weighted by Crippen LogP contribution is -2.44. The molecule has 10 aromatic heterocycles. The molecular weight excluding hydrogens is 2010 g/mol. The molecule has 10 atom stereocenters. The predicted molar refractivity (Wildman–Crippen MR) is 578 cm³/mol. The number of benzene rings is 1. The van der Waals surface area contributed by atoms with Crippen molar-refractivity contribution in [2.75, 3.05) is 216 Å². The summed E-state index contributed by atoms with van der Waals surface area (Å²) in [6, 6.07) is 31.0. The average Bonchev–Trinajstić information content (AvgIpc) is 1.01. The maximum absolute atomic E-state index is 13.1. The van der Waals surface area contributed by atoms with E-state index in [2.05, 4.69) is 133 Å². The normalized spacial score (nSPS) is 21.9. The minimum absolute atomic E-state index is 0.0788. The number of imidazole rings is 1. The van der Waals surface area contributed by atoms with Crippen molar-refractivity contribution in [3.05, 3.63) is 143 Å². The number of morpholine rings is 5. The van der Waals surface area contributed by atoms with Crippen molar-refractivity contribution >= 4 is 124 Å². The summed E-state index contributed by atoms with van der Waals surface area (Å²) < 4.78 is 150. The van der Waals surface area contributed by atoms with Crippen LogP contribution in [0, 0.1) is 27.7 Å². The highest BCUT2D eigenvalue weighted by atomic mass is 32.2. The van der Waals surface area contributed by atoms with E-state index in [1.165, 1.54) is 0 Å². The molecule has 8 aliphatic heterocycles. The molecule has 0 N–H and O–H groups in total. The average molecular weight is 2140 g/mol. The maximum Gasteiger partial charge on any atom is 0.239 e. The van der Waals surface area contributed by atoms with Crippen LogP contribution in [0.4, 0.5) is 58.2 Å². The number of hydrogen-bond donors (Lipinski definition) is 0. The van der Waals surface area contributed by atoms with Crippen LogP contribution in [0.5, 0.6) is 17.6 Å². The fourth-order valence-corrected chi connectivity index (χ4v) is 25.3.